The second-order valence-corrected chi connectivity index (χ2v) is 29.7. The van der Waals surface area contributed by atoms with Crippen molar-refractivity contribution >= 4 is 60.2 Å². The molecule has 10 rings (SSSR count). The van der Waals surface area contributed by atoms with Crippen molar-refractivity contribution in [2.75, 3.05) is 0 Å². The van der Waals surface area contributed by atoms with Gasteiger partial charge < -0.3 is 4.57 Å². The van der Waals surface area contributed by atoms with Crippen LogP contribution in [0.3, 0.4) is 0 Å². The summed E-state index contributed by atoms with van der Waals surface area (Å²) >= 11 is -0.0338. The summed E-state index contributed by atoms with van der Waals surface area (Å²) in [5.41, 5.74) is 13.6. The van der Waals surface area contributed by atoms with E-state index in [9.17, 15) is 0 Å². The fraction of sp³-hybridized carbons (Fsp3) is 0.250. The number of aryl methyl sites for hydroxylation is 2. The van der Waals surface area contributed by atoms with Crippen LogP contribution in [0.1, 0.15) is 87.0 Å². The zero-order valence-electron chi connectivity index (χ0n) is 41.5. The number of aromatic nitrogens is 3. The van der Waals surface area contributed by atoms with E-state index in [4.69, 9.17) is 11.8 Å². The molecule has 0 saturated heterocycles. The number of pyridine rings is 1. The number of hydrogen-bond donors (Lipinski definition) is 0. The van der Waals surface area contributed by atoms with E-state index in [1.807, 2.05) is 29.7 Å². The molecule has 3 heterocycles. The molecule has 0 saturated carbocycles. The van der Waals surface area contributed by atoms with Crippen molar-refractivity contribution in [3.63, 3.8) is 0 Å². The van der Waals surface area contributed by atoms with Gasteiger partial charge in [0.05, 0.1) is 16.9 Å². The molecule has 6 aromatic carbocycles. The quantitative estimate of drug-likeness (QED) is 0.118. The Morgan fingerprint density at radius 3 is 2.21 bits per heavy atom. The normalized spacial score (nSPS) is 14.1. The van der Waals surface area contributed by atoms with Crippen molar-refractivity contribution in [2.45, 2.75) is 89.3 Å². The van der Waals surface area contributed by atoms with E-state index >= 15 is 0 Å². The maximum absolute atomic E-state index is 7.88. The van der Waals surface area contributed by atoms with Gasteiger partial charge >= 0.3 is 113 Å². The predicted molar refractivity (Wildman–Crippen MR) is 265 cm³/mol. The second kappa shape index (κ2) is 18.2. The Morgan fingerprint density at radius 1 is 0.774 bits per heavy atom. The predicted octanol–water partition coefficient (Wildman–Crippen LogP) is 15.1. The monoisotopic (exact) mass is 1070 g/mol. The first-order valence-electron chi connectivity index (χ1n) is 24.1. The van der Waals surface area contributed by atoms with Crippen LogP contribution < -0.4 is 4.40 Å². The molecule has 0 amide bonds. The van der Waals surface area contributed by atoms with Crippen LogP contribution in [0, 0.1) is 19.0 Å². The molecule has 9 aromatic rings. The third kappa shape index (κ3) is 8.67. The molecule has 1 aliphatic carbocycles. The van der Waals surface area contributed by atoms with Crippen molar-refractivity contribution in [1.29, 1.82) is 0 Å². The van der Waals surface area contributed by atoms with Gasteiger partial charge in [0.1, 0.15) is 0 Å². The summed E-state index contributed by atoms with van der Waals surface area (Å²) in [6.07, 6.45) is 6.78. The minimum Gasteiger partial charge on any atom is 0 e. The van der Waals surface area contributed by atoms with E-state index in [-0.39, 0.29) is 37.8 Å². The smallest absolute Gasteiger partial charge is 0 e. The molecule has 315 valence electrons. The summed E-state index contributed by atoms with van der Waals surface area (Å²) in [6.45, 7) is 6.79. The van der Waals surface area contributed by atoms with Gasteiger partial charge in [0, 0.05) is 30.5 Å². The molecule has 3 aromatic heterocycles. The summed E-state index contributed by atoms with van der Waals surface area (Å²) in [7, 11) is 0. The topological polar surface area (TPSA) is 30.7 Å². The van der Waals surface area contributed by atoms with Crippen LogP contribution in [0.25, 0.3) is 70.7 Å². The number of para-hydroxylation sites is 2. The summed E-state index contributed by atoms with van der Waals surface area (Å²) in [6, 6.07) is 44.8. The number of fused-ring (bicyclic) bond motifs is 6. The third-order valence-corrected chi connectivity index (χ3v) is 17.4. The molecule has 0 atom stereocenters. The first kappa shape index (κ1) is 37.9. The van der Waals surface area contributed by atoms with Gasteiger partial charge in [-0.2, -0.15) is 11.3 Å². The van der Waals surface area contributed by atoms with Crippen LogP contribution in [0.4, 0.5) is 0 Å². The minimum absolute atomic E-state index is 0. The SMILES string of the molecule is CC(C)c1cc(-c2ccccc2)cc(C(C)C)c1-n1c(-c2[c-]cc3sc4ccc5c(c4c3c2)CCCC5)nc2ccccc21.[2H]c1[c-]c(-c2cc[c]([Ge]([CH3])([CH3])[CH3])cn2)cc([2H])c1C([2H])([2H])[2H].[Ir]. The molecule has 0 aliphatic heterocycles. The molecule has 62 heavy (non-hydrogen) atoms. The van der Waals surface area contributed by atoms with E-state index in [1.165, 1.54) is 89.8 Å². The molecule has 0 fully saturated rings. The Morgan fingerprint density at radius 2 is 1.52 bits per heavy atom. The summed E-state index contributed by atoms with van der Waals surface area (Å²) in [5.74, 6) is 8.46. The molecule has 0 bridgehead atoms. The van der Waals surface area contributed by atoms with Crippen molar-refractivity contribution in [3.8, 4) is 39.5 Å². The number of rotatable bonds is 7. The first-order valence-corrected chi connectivity index (χ1v) is 29.7. The van der Waals surface area contributed by atoms with Gasteiger partial charge in [-0.05, 0) is 111 Å². The van der Waals surface area contributed by atoms with Gasteiger partial charge in [0.15, 0.2) is 0 Å². The zero-order chi connectivity index (χ0) is 46.7. The molecule has 1 radical (unpaired) electrons. The molecule has 0 N–H and O–H groups in total. The van der Waals surface area contributed by atoms with Crippen LogP contribution >= 0.6 is 11.3 Å². The number of imidazole rings is 1. The van der Waals surface area contributed by atoms with Crippen LogP contribution in [0.5, 0.6) is 0 Å². The second-order valence-electron chi connectivity index (χ2n) is 18.0. The molecule has 0 unspecified atom stereocenters. The zero-order valence-corrected chi connectivity index (χ0v) is 41.8. The Bertz CT molecular complexity index is 3210. The standard InChI is InChI=1S/C41H37N2S.C15H18GeN.Ir/c1-25(2)32-23-30(27-12-6-5-7-13-27)24-33(26(3)4)40(32)43-36-17-11-10-16-35(36)42-41(43)29-19-20-37-34(22-29)39-31-15-9-8-14-28(31)18-21-38(39)44-37;1-12-5-7-13(8-6-12)15-10-9-14(11-17-15)16(2,3)4;/h5-7,10-13,16-18,20-26H,8-9,14-15H2,1-4H3;5-7,9-11H,1-4H3;/q2*-1;/i;1D3,5D,6D;. The van der Waals surface area contributed by atoms with Crippen LogP contribution in [0.2, 0.25) is 17.3 Å². The molecular formula is C56H55GeIrN3S-2. The maximum atomic E-state index is 7.88. The van der Waals surface area contributed by atoms with E-state index < -0.39 is 20.1 Å². The van der Waals surface area contributed by atoms with Crippen LogP contribution in [0.15, 0.2) is 127 Å². The summed E-state index contributed by atoms with van der Waals surface area (Å²) in [4.78, 5) is 9.73. The number of thiophene rings is 1. The number of benzene rings is 6. The Kier molecular flexibility index (Phi) is 11.1. The van der Waals surface area contributed by atoms with Crippen LogP contribution in [-0.4, -0.2) is 27.8 Å². The van der Waals surface area contributed by atoms with E-state index in [0.29, 0.717) is 23.1 Å². The van der Waals surface area contributed by atoms with Gasteiger partial charge in [-0.15, -0.1) is 23.8 Å². The van der Waals surface area contributed by atoms with Gasteiger partial charge in [0.25, 0.3) is 0 Å². The fourth-order valence-corrected chi connectivity index (χ4v) is 12.0. The van der Waals surface area contributed by atoms with E-state index in [1.54, 1.807) is 5.56 Å². The van der Waals surface area contributed by atoms with Gasteiger partial charge in [-0.1, -0.05) is 81.6 Å². The molecule has 0 spiro atoms. The molecular weight excluding hydrogens is 1010 g/mol. The Hall–Kier alpha value is -4.65. The maximum Gasteiger partial charge on any atom is 0 e. The first-order chi connectivity index (χ1) is 31.5. The van der Waals surface area contributed by atoms with Crippen molar-refractivity contribution in [1.82, 2.24) is 14.5 Å². The Balaban J connectivity index is 0.000000224. The van der Waals surface area contributed by atoms with Crippen molar-refractivity contribution in [3.05, 3.63) is 167 Å². The molecule has 3 nitrogen and oxygen atoms in total. The van der Waals surface area contributed by atoms with E-state index in [0.717, 1.165) is 22.4 Å². The van der Waals surface area contributed by atoms with E-state index in [2.05, 4.69) is 158 Å². The average Bonchev–Trinajstić information content (AvgIpc) is 3.87. The summed E-state index contributed by atoms with van der Waals surface area (Å²) < 4.78 is 44.3. The fourth-order valence-electron chi connectivity index (χ4n) is 8.72. The third-order valence-electron chi connectivity index (χ3n) is 12.0. The van der Waals surface area contributed by atoms with Crippen molar-refractivity contribution in [2.24, 2.45) is 0 Å². The number of hydrogen-bond acceptors (Lipinski definition) is 3. The van der Waals surface area contributed by atoms with Gasteiger partial charge in [-0.3, -0.25) is 4.98 Å². The largest absolute Gasteiger partial charge is 0 e. The minimum atomic E-state index is -2.47. The van der Waals surface area contributed by atoms with Crippen molar-refractivity contribution < 1.29 is 27.0 Å². The molecule has 1 aliphatic rings. The van der Waals surface area contributed by atoms with Gasteiger partial charge in [-0.25, -0.2) is 0 Å². The van der Waals surface area contributed by atoms with Gasteiger partial charge in [0.2, 0.25) is 0 Å². The molecule has 6 heteroatoms. The average molecular weight is 1070 g/mol. The summed E-state index contributed by atoms with van der Waals surface area (Å²) in [5, 5.41) is 2.81. The number of nitrogens with zero attached hydrogens (tertiary/aromatic N) is 3. The Labute approximate surface area is 395 Å². The van der Waals surface area contributed by atoms with Crippen LogP contribution in [-0.2, 0) is 32.9 Å².